The zero-order valence-corrected chi connectivity index (χ0v) is 15.4. The lowest BCUT2D eigenvalue weighted by Crippen LogP contribution is -2.14. The SMILES string of the molecule is O=C(Cc1ccccc1Cl)Nc1cccc(-c2nc3ccccc3c(=O)o2)c1. The van der Waals surface area contributed by atoms with Gasteiger partial charge in [0.1, 0.15) is 0 Å². The van der Waals surface area contributed by atoms with Crippen molar-refractivity contribution >= 4 is 34.1 Å². The van der Waals surface area contributed by atoms with E-state index in [9.17, 15) is 9.59 Å². The number of carbonyl (C=O) groups is 1. The third kappa shape index (κ3) is 3.80. The summed E-state index contributed by atoms with van der Waals surface area (Å²) in [5.41, 5.74) is 2.03. The van der Waals surface area contributed by atoms with Gasteiger partial charge in [-0.15, -0.1) is 0 Å². The van der Waals surface area contributed by atoms with Crippen molar-refractivity contribution in [2.24, 2.45) is 0 Å². The summed E-state index contributed by atoms with van der Waals surface area (Å²) in [7, 11) is 0. The second-order valence-electron chi connectivity index (χ2n) is 6.22. The molecule has 138 valence electrons. The normalized spacial score (nSPS) is 10.8. The molecule has 0 atom stereocenters. The van der Waals surface area contributed by atoms with Gasteiger partial charge in [-0.05, 0) is 42.0 Å². The third-order valence-corrected chi connectivity index (χ3v) is 4.61. The number of hydrogen-bond donors (Lipinski definition) is 1. The second-order valence-corrected chi connectivity index (χ2v) is 6.63. The number of halogens is 1. The minimum Gasteiger partial charge on any atom is -0.403 e. The first kappa shape index (κ1) is 17.9. The van der Waals surface area contributed by atoms with Crippen molar-refractivity contribution in [2.45, 2.75) is 6.42 Å². The number of amides is 1. The van der Waals surface area contributed by atoms with E-state index in [1.807, 2.05) is 24.3 Å². The van der Waals surface area contributed by atoms with Crippen LogP contribution in [0, 0.1) is 0 Å². The lowest BCUT2D eigenvalue weighted by Gasteiger charge is -2.08. The fraction of sp³-hybridized carbons (Fsp3) is 0.0455. The highest BCUT2D eigenvalue weighted by atomic mass is 35.5. The molecular formula is C22H15ClN2O3. The molecule has 1 aromatic heterocycles. The lowest BCUT2D eigenvalue weighted by atomic mass is 10.1. The highest BCUT2D eigenvalue weighted by molar-refractivity contribution is 6.31. The van der Waals surface area contributed by atoms with Crippen molar-refractivity contribution < 1.29 is 9.21 Å². The summed E-state index contributed by atoms with van der Waals surface area (Å²) in [6.07, 6.45) is 0.160. The van der Waals surface area contributed by atoms with E-state index < -0.39 is 5.63 Å². The predicted octanol–water partition coefficient (Wildman–Crippen LogP) is 4.69. The van der Waals surface area contributed by atoms with Gasteiger partial charge in [0, 0.05) is 16.3 Å². The summed E-state index contributed by atoms with van der Waals surface area (Å²) in [5, 5.41) is 3.81. The number of nitrogens with one attached hydrogen (secondary N) is 1. The van der Waals surface area contributed by atoms with E-state index in [0.29, 0.717) is 27.2 Å². The monoisotopic (exact) mass is 390 g/mol. The van der Waals surface area contributed by atoms with Gasteiger partial charge in [-0.2, -0.15) is 0 Å². The summed E-state index contributed by atoms with van der Waals surface area (Å²) in [5.74, 6) is 0.00377. The molecule has 4 rings (SSSR count). The molecular weight excluding hydrogens is 376 g/mol. The quantitative estimate of drug-likeness (QED) is 0.548. The maximum atomic E-state index is 12.4. The molecule has 6 heteroatoms. The van der Waals surface area contributed by atoms with Gasteiger partial charge in [0.15, 0.2) is 0 Å². The van der Waals surface area contributed by atoms with Crippen LogP contribution >= 0.6 is 11.6 Å². The van der Waals surface area contributed by atoms with Crippen LogP contribution in [0.4, 0.5) is 5.69 Å². The van der Waals surface area contributed by atoms with Crippen molar-refractivity contribution in [3.8, 4) is 11.5 Å². The Hall–Kier alpha value is -3.44. The lowest BCUT2D eigenvalue weighted by molar-refractivity contribution is -0.115. The molecule has 1 N–H and O–H groups in total. The zero-order valence-electron chi connectivity index (χ0n) is 14.7. The van der Waals surface area contributed by atoms with Gasteiger partial charge in [-0.25, -0.2) is 9.78 Å². The molecule has 3 aromatic carbocycles. The molecule has 1 heterocycles. The molecule has 0 aliphatic rings. The maximum Gasteiger partial charge on any atom is 0.347 e. The Morgan fingerprint density at radius 2 is 1.79 bits per heavy atom. The Kier molecular flexibility index (Phi) is 4.91. The van der Waals surface area contributed by atoms with Crippen molar-refractivity contribution in [3.05, 3.63) is 93.8 Å². The van der Waals surface area contributed by atoms with Gasteiger partial charge in [0.2, 0.25) is 11.8 Å². The number of carbonyl (C=O) groups excluding carboxylic acids is 1. The first-order chi connectivity index (χ1) is 13.6. The molecule has 0 fully saturated rings. The van der Waals surface area contributed by atoms with Crippen molar-refractivity contribution in [1.82, 2.24) is 4.98 Å². The molecule has 0 aliphatic heterocycles. The maximum absolute atomic E-state index is 12.4. The summed E-state index contributed by atoms with van der Waals surface area (Å²) in [6, 6.07) is 21.2. The molecule has 1 amide bonds. The summed E-state index contributed by atoms with van der Waals surface area (Å²) in [6.45, 7) is 0. The molecule has 4 aromatic rings. The first-order valence-corrected chi connectivity index (χ1v) is 9.01. The molecule has 0 radical (unpaired) electrons. The number of fused-ring (bicyclic) bond motifs is 1. The van der Waals surface area contributed by atoms with Crippen LogP contribution in [-0.2, 0) is 11.2 Å². The van der Waals surface area contributed by atoms with Crippen LogP contribution in [-0.4, -0.2) is 10.9 Å². The third-order valence-electron chi connectivity index (χ3n) is 4.24. The Bertz CT molecular complexity index is 1230. The van der Waals surface area contributed by atoms with Crippen molar-refractivity contribution in [2.75, 3.05) is 5.32 Å². The van der Waals surface area contributed by atoms with E-state index in [4.69, 9.17) is 16.0 Å². The fourth-order valence-corrected chi connectivity index (χ4v) is 3.09. The molecule has 0 unspecified atom stereocenters. The van der Waals surface area contributed by atoms with E-state index in [2.05, 4.69) is 10.3 Å². The summed E-state index contributed by atoms with van der Waals surface area (Å²) in [4.78, 5) is 28.9. The Labute approximate surface area is 165 Å². The van der Waals surface area contributed by atoms with E-state index in [-0.39, 0.29) is 18.2 Å². The van der Waals surface area contributed by atoms with Gasteiger partial charge in [-0.1, -0.05) is 48.0 Å². The van der Waals surface area contributed by atoms with Crippen molar-refractivity contribution in [1.29, 1.82) is 0 Å². The molecule has 28 heavy (non-hydrogen) atoms. The molecule has 5 nitrogen and oxygen atoms in total. The summed E-state index contributed by atoms with van der Waals surface area (Å²) < 4.78 is 5.35. The molecule has 0 bridgehead atoms. The van der Waals surface area contributed by atoms with Crippen LogP contribution in [0.15, 0.2) is 82.0 Å². The summed E-state index contributed by atoms with van der Waals surface area (Å²) >= 11 is 6.11. The van der Waals surface area contributed by atoms with Crippen LogP contribution < -0.4 is 10.9 Å². The van der Waals surface area contributed by atoms with Gasteiger partial charge < -0.3 is 9.73 Å². The van der Waals surface area contributed by atoms with Crippen LogP contribution in [0.1, 0.15) is 5.56 Å². The van der Waals surface area contributed by atoms with Crippen molar-refractivity contribution in [3.63, 3.8) is 0 Å². The highest BCUT2D eigenvalue weighted by Gasteiger charge is 2.11. The van der Waals surface area contributed by atoms with Gasteiger partial charge in [-0.3, -0.25) is 4.79 Å². The second kappa shape index (κ2) is 7.66. The van der Waals surface area contributed by atoms with E-state index in [1.54, 1.807) is 48.5 Å². The average molecular weight is 391 g/mol. The Morgan fingerprint density at radius 3 is 2.64 bits per heavy atom. The smallest absolute Gasteiger partial charge is 0.347 e. The van der Waals surface area contributed by atoms with Gasteiger partial charge in [0.25, 0.3) is 0 Å². The standard InChI is InChI=1S/C22H15ClN2O3/c23-18-10-3-1-6-14(18)13-20(26)24-16-8-5-7-15(12-16)21-25-19-11-4-2-9-17(19)22(27)28-21/h1-12H,13H2,(H,24,26). The largest absolute Gasteiger partial charge is 0.403 e. The molecule has 0 spiro atoms. The average Bonchev–Trinajstić information content (AvgIpc) is 2.70. The first-order valence-electron chi connectivity index (χ1n) is 8.64. The number of aromatic nitrogens is 1. The number of para-hydroxylation sites is 1. The Morgan fingerprint density at radius 1 is 1.00 bits per heavy atom. The van der Waals surface area contributed by atoms with E-state index in [0.717, 1.165) is 5.56 Å². The number of rotatable bonds is 4. The van der Waals surface area contributed by atoms with Gasteiger partial charge >= 0.3 is 5.63 Å². The topological polar surface area (TPSA) is 72.2 Å². The van der Waals surface area contributed by atoms with Crippen LogP contribution in [0.25, 0.3) is 22.4 Å². The Balaban J connectivity index is 1.59. The minimum absolute atomic E-state index is 0.160. The highest BCUT2D eigenvalue weighted by Crippen LogP contribution is 2.22. The van der Waals surface area contributed by atoms with E-state index in [1.165, 1.54) is 0 Å². The zero-order chi connectivity index (χ0) is 19.5. The van der Waals surface area contributed by atoms with Crippen LogP contribution in [0.3, 0.4) is 0 Å². The number of anilines is 1. The fourth-order valence-electron chi connectivity index (χ4n) is 2.89. The van der Waals surface area contributed by atoms with Crippen LogP contribution in [0.2, 0.25) is 5.02 Å². The predicted molar refractivity (Wildman–Crippen MR) is 110 cm³/mol. The number of hydrogen-bond acceptors (Lipinski definition) is 4. The number of nitrogens with zero attached hydrogens (tertiary/aromatic N) is 1. The molecule has 0 aliphatic carbocycles. The van der Waals surface area contributed by atoms with Gasteiger partial charge in [0.05, 0.1) is 17.3 Å². The minimum atomic E-state index is -0.450. The van der Waals surface area contributed by atoms with Crippen LogP contribution in [0.5, 0.6) is 0 Å². The molecule has 0 saturated carbocycles. The molecule has 0 saturated heterocycles. The van der Waals surface area contributed by atoms with E-state index >= 15 is 0 Å². The number of benzene rings is 3.